The van der Waals surface area contributed by atoms with Crippen LogP contribution in [0.1, 0.15) is 107 Å². The topological polar surface area (TPSA) is 26.3 Å². The van der Waals surface area contributed by atoms with Crippen LogP contribution in [-0.2, 0) is 4.74 Å². The van der Waals surface area contributed by atoms with Gasteiger partial charge in [-0.3, -0.25) is 0 Å². The van der Waals surface area contributed by atoms with E-state index in [1.54, 1.807) is 0 Å². The van der Waals surface area contributed by atoms with Crippen LogP contribution >= 0.6 is 0 Å². The lowest BCUT2D eigenvalue weighted by atomic mass is 10.0. The molecule has 0 amide bonds. The number of ether oxygens (including phenoxy) is 1. The molecule has 0 radical (unpaired) electrons. The second-order valence-corrected chi connectivity index (χ2v) is 7.25. The highest BCUT2D eigenvalue weighted by atomic mass is 16.5. The van der Waals surface area contributed by atoms with E-state index in [2.05, 4.69) is 13.8 Å². The molecule has 0 saturated carbocycles. The first kappa shape index (κ1) is 21.7. The van der Waals surface area contributed by atoms with Crippen molar-refractivity contribution in [1.82, 2.24) is 0 Å². The van der Waals surface area contributed by atoms with Gasteiger partial charge in [0.2, 0.25) is 0 Å². The Morgan fingerprint density at radius 3 is 2.04 bits per heavy atom. The van der Waals surface area contributed by atoms with Crippen LogP contribution in [0.25, 0.3) is 0 Å². The lowest BCUT2D eigenvalue weighted by Gasteiger charge is -2.18. The number of unbranched alkanes of at least 4 members (excludes halogenated alkanes) is 8. The average Bonchev–Trinajstić information content (AvgIpc) is 2.60. The van der Waals surface area contributed by atoms with Gasteiger partial charge < -0.3 is 4.74 Å². The van der Waals surface area contributed by atoms with E-state index in [4.69, 9.17) is 4.74 Å². The normalized spacial score (nSPS) is 12.1. The van der Waals surface area contributed by atoms with Crippen LogP contribution in [0.5, 0.6) is 0 Å². The third-order valence-electron chi connectivity index (χ3n) is 4.88. The van der Waals surface area contributed by atoms with Gasteiger partial charge in [-0.2, -0.15) is 0 Å². The molecule has 142 valence electrons. The monoisotopic (exact) mass is 346 g/mol. The molecule has 0 fully saturated rings. The quantitative estimate of drug-likeness (QED) is 0.262. The van der Waals surface area contributed by atoms with Crippen LogP contribution in [0.15, 0.2) is 24.3 Å². The summed E-state index contributed by atoms with van der Waals surface area (Å²) >= 11 is 0. The van der Waals surface area contributed by atoms with Gasteiger partial charge in [0.1, 0.15) is 6.10 Å². The smallest absolute Gasteiger partial charge is 0.338 e. The van der Waals surface area contributed by atoms with E-state index in [1.807, 2.05) is 31.2 Å². The number of rotatable bonds is 14. The van der Waals surface area contributed by atoms with E-state index < -0.39 is 0 Å². The summed E-state index contributed by atoms with van der Waals surface area (Å²) in [6.45, 7) is 6.38. The minimum atomic E-state index is -0.160. The Morgan fingerprint density at radius 1 is 0.840 bits per heavy atom. The molecule has 0 bridgehead atoms. The summed E-state index contributed by atoms with van der Waals surface area (Å²) in [5, 5.41) is 0. The molecule has 25 heavy (non-hydrogen) atoms. The first-order valence-corrected chi connectivity index (χ1v) is 10.5. The van der Waals surface area contributed by atoms with Crippen molar-refractivity contribution in [3.8, 4) is 0 Å². The summed E-state index contributed by atoms with van der Waals surface area (Å²) in [6.07, 6.45) is 15.1. The molecule has 0 saturated heterocycles. The first-order chi connectivity index (χ1) is 12.2. The van der Waals surface area contributed by atoms with Gasteiger partial charge in [-0.25, -0.2) is 4.79 Å². The van der Waals surface area contributed by atoms with Gasteiger partial charge in [0.15, 0.2) is 0 Å². The van der Waals surface area contributed by atoms with Gasteiger partial charge >= 0.3 is 5.97 Å². The zero-order valence-electron chi connectivity index (χ0n) is 16.7. The molecule has 0 aliphatic rings. The first-order valence-electron chi connectivity index (χ1n) is 10.5. The molecule has 2 heteroatoms. The summed E-state index contributed by atoms with van der Waals surface area (Å²) in [4.78, 5) is 12.4. The third kappa shape index (κ3) is 9.67. The van der Waals surface area contributed by atoms with Crippen LogP contribution in [0.2, 0.25) is 0 Å². The summed E-state index contributed by atoms with van der Waals surface area (Å²) < 4.78 is 5.79. The van der Waals surface area contributed by atoms with Crippen LogP contribution in [-0.4, -0.2) is 12.1 Å². The fraction of sp³-hybridized carbons (Fsp3) is 0.696. The number of carbonyl (C=O) groups excluding carboxylic acids is 1. The van der Waals surface area contributed by atoms with Crippen LogP contribution < -0.4 is 0 Å². The Labute approximate surface area is 155 Å². The highest BCUT2D eigenvalue weighted by Gasteiger charge is 2.16. The van der Waals surface area contributed by atoms with Crippen molar-refractivity contribution in [2.75, 3.05) is 0 Å². The molecule has 1 atom stereocenters. The van der Waals surface area contributed by atoms with Crippen LogP contribution in [0.4, 0.5) is 0 Å². The minimum Gasteiger partial charge on any atom is -0.459 e. The number of carbonyl (C=O) groups is 1. The van der Waals surface area contributed by atoms with E-state index >= 15 is 0 Å². The molecule has 0 spiro atoms. The summed E-state index contributed by atoms with van der Waals surface area (Å²) in [7, 11) is 0. The Kier molecular flexibility index (Phi) is 12.1. The summed E-state index contributed by atoms with van der Waals surface area (Å²) in [5.74, 6) is -0.160. The minimum absolute atomic E-state index is 0.0710. The predicted molar refractivity (Wildman–Crippen MR) is 107 cm³/mol. The number of esters is 1. The largest absolute Gasteiger partial charge is 0.459 e. The van der Waals surface area contributed by atoms with Crippen LogP contribution in [0, 0.1) is 6.92 Å². The van der Waals surface area contributed by atoms with E-state index in [1.165, 1.54) is 57.8 Å². The number of hydrogen-bond acceptors (Lipinski definition) is 2. The van der Waals surface area contributed by atoms with Crippen molar-refractivity contribution in [2.45, 2.75) is 104 Å². The SMILES string of the molecule is CCCCCCCCCCCC(CCC)OC(=O)c1ccccc1C. The fourth-order valence-corrected chi connectivity index (χ4v) is 3.28. The standard InChI is InChI=1S/C23H38O2/c1-4-6-7-8-9-10-11-12-13-18-21(16-5-2)25-23(24)22-19-15-14-17-20(22)3/h14-15,17,19,21H,4-13,16,18H2,1-3H3. The molecular formula is C23H38O2. The maximum absolute atomic E-state index is 12.4. The zero-order chi connectivity index (χ0) is 18.3. The van der Waals surface area contributed by atoms with Gasteiger partial charge in [-0.1, -0.05) is 89.8 Å². The number of benzene rings is 1. The van der Waals surface area contributed by atoms with Crippen molar-refractivity contribution in [3.05, 3.63) is 35.4 Å². The van der Waals surface area contributed by atoms with Crippen LogP contribution in [0.3, 0.4) is 0 Å². The van der Waals surface area contributed by atoms with Crippen molar-refractivity contribution in [3.63, 3.8) is 0 Å². The van der Waals surface area contributed by atoms with Crippen molar-refractivity contribution < 1.29 is 9.53 Å². The number of hydrogen-bond donors (Lipinski definition) is 0. The summed E-state index contributed by atoms with van der Waals surface area (Å²) in [6, 6.07) is 7.68. The van der Waals surface area contributed by atoms with Gasteiger partial charge in [0, 0.05) is 0 Å². The van der Waals surface area contributed by atoms with Crippen molar-refractivity contribution >= 4 is 5.97 Å². The van der Waals surface area contributed by atoms with E-state index in [0.29, 0.717) is 5.56 Å². The molecule has 1 aromatic rings. The summed E-state index contributed by atoms with van der Waals surface area (Å²) in [5.41, 5.74) is 1.70. The molecular weight excluding hydrogens is 308 g/mol. The third-order valence-corrected chi connectivity index (χ3v) is 4.88. The molecule has 0 aromatic heterocycles. The molecule has 1 unspecified atom stereocenters. The Hall–Kier alpha value is -1.31. The fourth-order valence-electron chi connectivity index (χ4n) is 3.28. The lowest BCUT2D eigenvalue weighted by molar-refractivity contribution is 0.0253. The second-order valence-electron chi connectivity index (χ2n) is 7.25. The lowest BCUT2D eigenvalue weighted by Crippen LogP contribution is -2.19. The highest BCUT2D eigenvalue weighted by molar-refractivity contribution is 5.91. The highest BCUT2D eigenvalue weighted by Crippen LogP contribution is 2.17. The number of aryl methyl sites for hydroxylation is 1. The Balaban J connectivity index is 2.23. The van der Waals surface area contributed by atoms with Gasteiger partial charge in [-0.05, 0) is 37.8 Å². The second kappa shape index (κ2) is 13.9. The van der Waals surface area contributed by atoms with Gasteiger partial charge in [-0.15, -0.1) is 0 Å². The molecule has 1 rings (SSSR count). The maximum atomic E-state index is 12.4. The molecule has 0 aliphatic heterocycles. The van der Waals surface area contributed by atoms with Crippen molar-refractivity contribution in [1.29, 1.82) is 0 Å². The van der Waals surface area contributed by atoms with Crippen molar-refractivity contribution in [2.24, 2.45) is 0 Å². The Bertz CT molecular complexity index is 467. The molecule has 1 aromatic carbocycles. The zero-order valence-corrected chi connectivity index (χ0v) is 16.7. The van der Waals surface area contributed by atoms with E-state index in [0.717, 1.165) is 24.8 Å². The maximum Gasteiger partial charge on any atom is 0.338 e. The van der Waals surface area contributed by atoms with Gasteiger partial charge in [0.05, 0.1) is 5.56 Å². The molecule has 0 heterocycles. The van der Waals surface area contributed by atoms with E-state index in [-0.39, 0.29) is 12.1 Å². The van der Waals surface area contributed by atoms with Gasteiger partial charge in [0.25, 0.3) is 0 Å². The molecule has 0 N–H and O–H groups in total. The average molecular weight is 347 g/mol. The Morgan fingerprint density at radius 2 is 1.44 bits per heavy atom. The predicted octanol–water partition coefficient (Wildman–Crippen LogP) is 7.24. The molecule has 2 nitrogen and oxygen atoms in total. The molecule has 0 aliphatic carbocycles. The van der Waals surface area contributed by atoms with E-state index in [9.17, 15) is 4.79 Å².